The Hall–Kier alpha value is -2.75. The first kappa shape index (κ1) is 23.4. The average molecular weight is 501 g/mol. The van der Waals surface area contributed by atoms with Gasteiger partial charge in [-0.1, -0.05) is 11.6 Å². The molecule has 1 amide bonds. The number of rotatable bonds is 5. The number of benzene rings is 1. The summed E-state index contributed by atoms with van der Waals surface area (Å²) in [6, 6.07) is 11.6. The van der Waals surface area contributed by atoms with Crippen molar-refractivity contribution >= 4 is 63.2 Å². The van der Waals surface area contributed by atoms with E-state index in [4.69, 9.17) is 23.8 Å². The second kappa shape index (κ2) is 10.5. The van der Waals surface area contributed by atoms with E-state index >= 15 is 0 Å². The highest BCUT2D eigenvalue weighted by atomic mass is 35.5. The Kier molecular flexibility index (Phi) is 7.42. The van der Waals surface area contributed by atoms with E-state index in [1.165, 1.54) is 17.5 Å². The van der Waals surface area contributed by atoms with Crippen molar-refractivity contribution in [3.05, 3.63) is 63.8 Å². The molecule has 0 saturated carbocycles. The first-order valence-corrected chi connectivity index (χ1v) is 12.3. The molecule has 1 saturated heterocycles. The van der Waals surface area contributed by atoms with Crippen molar-refractivity contribution in [2.24, 2.45) is 0 Å². The number of thiocarbonyl (C=S) groups is 1. The van der Waals surface area contributed by atoms with E-state index in [0.29, 0.717) is 22.5 Å². The van der Waals surface area contributed by atoms with Gasteiger partial charge in [0.1, 0.15) is 10.8 Å². The number of hydrogen-bond acceptors (Lipinski definition) is 6. The van der Waals surface area contributed by atoms with Crippen LogP contribution in [0.2, 0.25) is 5.15 Å². The molecule has 3 heterocycles. The van der Waals surface area contributed by atoms with Gasteiger partial charge in [0, 0.05) is 49.9 Å². The Balaban J connectivity index is 1.29. The Morgan fingerprint density at radius 3 is 2.45 bits per heavy atom. The lowest BCUT2D eigenvalue weighted by Gasteiger charge is -2.33. The quantitative estimate of drug-likeness (QED) is 0.373. The van der Waals surface area contributed by atoms with Crippen LogP contribution in [0.4, 0.5) is 17.1 Å². The molecule has 7 nitrogen and oxygen atoms in total. The summed E-state index contributed by atoms with van der Waals surface area (Å²) in [6.07, 6.45) is 3.41. The molecule has 172 valence electrons. The number of amides is 1. The van der Waals surface area contributed by atoms with Crippen LogP contribution in [-0.4, -0.2) is 53.1 Å². The molecular weight excluding hydrogens is 476 g/mol. The lowest BCUT2D eigenvalue weighted by molar-refractivity contribution is 0.102. The molecule has 2 N–H and O–H groups in total. The number of halogens is 1. The van der Waals surface area contributed by atoms with Crippen molar-refractivity contribution in [2.75, 3.05) is 42.7 Å². The summed E-state index contributed by atoms with van der Waals surface area (Å²) in [6.45, 7) is 1.70. The minimum Gasteiger partial charge on any atom is -0.378 e. The summed E-state index contributed by atoms with van der Waals surface area (Å²) in [7, 11) is 4.04. The molecule has 0 unspecified atom stereocenters. The largest absolute Gasteiger partial charge is 0.378 e. The summed E-state index contributed by atoms with van der Waals surface area (Å²) >= 11 is 13.0. The fourth-order valence-corrected chi connectivity index (χ4v) is 4.98. The molecule has 0 radical (unpaired) electrons. The molecule has 1 aliphatic heterocycles. The number of piperidine rings is 1. The van der Waals surface area contributed by atoms with Crippen molar-refractivity contribution in [3.8, 4) is 0 Å². The zero-order chi connectivity index (χ0) is 23.4. The number of anilines is 3. The summed E-state index contributed by atoms with van der Waals surface area (Å²) < 4.78 is 0. The average Bonchev–Trinajstić information content (AvgIpc) is 3.31. The van der Waals surface area contributed by atoms with Crippen molar-refractivity contribution in [1.82, 2.24) is 14.9 Å². The number of nitrogens with one attached hydrogen (secondary N) is 2. The molecular formula is C23H25ClN6OS2. The normalized spacial score (nSPS) is 14.1. The van der Waals surface area contributed by atoms with E-state index in [1.807, 2.05) is 31.6 Å². The number of pyridine rings is 1. The Morgan fingerprint density at radius 1 is 1.12 bits per heavy atom. The van der Waals surface area contributed by atoms with Gasteiger partial charge in [-0.25, -0.2) is 9.97 Å². The first-order chi connectivity index (χ1) is 15.9. The zero-order valence-electron chi connectivity index (χ0n) is 18.4. The highest BCUT2D eigenvalue weighted by Crippen LogP contribution is 2.31. The van der Waals surface area contributed by atoms with Gasteiger partial charge >= 0.3 is 0 Å². The molecule has 1 fully saturated rings. The third-order valence-electron chi connectivity index (χ3n) is 5.51. The van der Waals surface area contributed by atoms with Crippen LogP contribution in [0.1, 0.15) is 34.3 Å². The lowest BCUT2D eigenvalue weighted by Crippen LogP contribution is -2.40. The smallest absolute Gasteiger partial charge is 0.275 e. The van der Waals surface area contributed by atoms with E-state index in [1.54, 1.807) is 12.1 Å². The number of carbonyl (C=O) groups excluding carboxylic acids is 1. The highest BCUT2D eigenvalue weighted by Gasteiger charge is 2.25. The Morgan fingerprint density at radius 2 is 1.82 bits per heavy atom. The maximum absolute atomic E-state index is 12.5. The first-order valence-electron chi connectivity index (χ1n) is 10.6. The van der Waals surface area contributed by atoms with Crippen molar-refractivity contribution in [2.45, 2.75) is 18.8 Å². The van der Waals surface area contributed by atoms with Crippen LogP contribution in [0.15, 0.2) is 48.0 Å². The van der Waals surface area contributed by atoms with Gasteiger partial charge in [0.2, 0.25) is 0 Å². The molecule has 0 atom stereocenters. The standard InChI is InChI=1S/C23H25ClN6OS2/c1-29(2)18-6-3-16(4-7-18)27-23(32)30-11-9-15(10-12-30)22-28-19(14-33-22)21(31)26-17-5-8-20(24)25-13-17/h3-8,13-15H,9-12H2,1-2H3,(H,26,31)(H,27,32). The maximum atomic E-state index is 12.5. The van der Waals surface area contributed by atoms with Gasteiger partial charge in [-0.15, -0.1) is 11.3 Å². The van der Waals surface area contributed by atoms with E-state index in [9.17, 15) is 4.79 Å². The van der Waals surface area contributed by atoms with Crippen molar-refractivity contribution < 1.29 is 4.79 Å². The SMILES string of the molecule is CN(C)c1ccc(NC(=S)N2CCC(c3nc(C(=O)Nc4ccc(Cl)nc4)cs3)CC2)cc1. The second-order valence-electron chi connectivity index (χ2n) is 8.03. The summed E-state index contributed by atoms with van der Waals surface area (Å²) in [5.41, 5.74) is 3.14. The van der Waals surface area contributed by atoms with Gasteiger partial charge in [0.05, 0.1) is 16.9 Å². The van der Waals surface area contributed by atoms with E-state index in [-0.39, 0.29) is 5.91 Å². The van der Waals surface area contributed by atoms with E-state index < -0.39 is 0 Å². The van der Waals surface area contributed by atoms with Crippen LogP contribution in [0, 0.1) is 0 Å². The van der Waals surface area contributed by atoms with Gasteiger partial charge in [-0.05, 0) is 61.5 Å². The van der Waals surface area contributed by atoms with Crippen LogP contribution < -0.4 is 15.5 Å². The van der Waals surface area contributed by atoms with Gasteiger partial charge in [0.15, 0.2) is 5.11 Å². The third-order valence-corrected chi connectivity index (χ3v) is 7.10. The number of likely N-dealkylation sites (tertiary alicyclic amines) is 1. The minimum atomic E-state index is -0.246. The summed E-state index contributed by atoms with van der Waals surface area (Å²) in [4.78, 5) is 25.3. The molecule has 33 heavy (non-hydrogen) atoms. The van der Waals surface area contributed by atoms with Crippen LogP contribution in [0.3, 0.4) is 0 Å². The maximum Gasteiger partial charge on any atom is 0.275 e. The lowest BCUT2D eigenvalue weighted by atomic mass is 9.98. The van der Waals surface area contributed by atoms with Crippen molar-refractivity contribution in [3.63, 3.8) is 0 Å². The molecule has 2 aromatic heterocycles. The minimum absolute atomic E-state index is 0.246. The fourth-order valence-electron chi connectivity index (χ4n) is 3.60. The van der Waals surface area contributed by atoms with Gasteiger partial charge < -0.3 is 20.4 Å². The number of carbonyl (C=O) groups is 1. The number of hydrogen-bond donors (Lipinski definition) is 2. The van der Waals surface area contributed by atoms with Crippen LogP contribution >= 0.6 is 35.2 Å². The Bertz CT molecular complexity index is 1110. The van der Waals surface area contributed by atoms with Gasteiger partial charge in [-0.3, -0.25) is 4.79 Å². The van der Waals surface area contributed by atoms with E-state index in [2.05, 4.69) is 42.5 Å². The number of aromatic nitrogens is 2. The molecule has 0 spiro atoms. The third kappa shape index (κ3) is 5.98. The highest BCUT2D eigenvalue weighted by molar-refractivity contribution is 7.80. The molecule has 4 rings (SSSR count). The topological polar surface area (TPSA) is 73.4 Å². The van der Waals surface area contributed by atoms with Crippen LogP contribution in [0.25, 0.3) is 0 Å². The fraction of sp³-hybridized carbons (Fsp3) is 0.304. The molecule has 0 bridgehead atoms. The van der Waals surface area contributed by atoms with Crippen LogP contribution in [-0.2, 0) is 0 Å². The monoisotopic (exact) mass is 500 g/mol. The predicted octanol–water partition coefficient (Wildman–Crippen LogP) is 5.09. The molecule has 0 aliphatic carbocycles. The summed E-state index contributed by atoms with van der Waals surface area (Å²) in [5, 5.41) is 10.1. The Labute approximate surface area is 207 Å². The zero-order valence-corrected chi connectivity index (χ0v) is 20.8. The molecule has 1 aromatic carbocycles. The van der Waals surface area contributed by atoms with Crippen molar-refractivity contribution in [1.29, 1.82) is 0 Å². The van der Waals surface area contributed by atoms with Gasteiger partial charge in [0.25, 0.3) is 5.91 Å². The molecule has 10 heteroatoms. The molecule has 3 aromatic rings. The van der Waals surface area contributed by atoms with Crippen LogP contribution in [0.5, 0.6) is 0 Å². The molecule has 1 aliphatic rings. The van der Waals surface area contributed by atoms with E-state index in [0.717, 1.165) is 47.4 Å². The number of nitrogens with zero attached hydrogens (tertiary/aromatic N) is 4. The summed E-state index contributed by atoms with van der Waals surface area (Å²) in [5.74, 6) is 0.0805. The number of thiazole rings is 1. The van der Waals surface area contributed by atoms with Gasteiger partial charge in [-0.2, -0.15) is 0 Å². The predicted molar refractivity (Wildman–Crippen MR) is 140 cm³/mol. The second-order valence-corrected chi connectivity index (χ2v) is 9.69.